The maximum atomic E-state index is 17.4. The van der Waals surface area contributed by atoms with Crippen molar-refractivity contribution in [1.29, 1.82) is 0 Å². The number of esters is 1. The lowest BCUT2D eigenvalue weighted by atomic mass is 9.44. The van der Waals surface area contributed by atoms with Crippen LogP contribution in [0, 0.1) is 22.7 Å². The largest absolute Gasteiger partial charge is 0.458 e. The van der Waals surface area contributed by atoms with E-state index in [0.717, 1.165) is 0 Å². The highest BCUT2D eigenvalue weighted by molar-refractivity contribution is 6.01. The molecule has 3 N–H and O–H groups in total. The van der Waals surface area contributed by atoms with Crippen molar-refractivity contribution >= 4 is 29.9 Å². The van der Waals surface area contributed by atoms with E-state index in [1.165, 1.54) is 12.2 Å². The van der Waals surface area contributed by atoms with Crippen LogP contribution in [-0.2, 0) is 28.6 Å². The van der Waals surface area contributed by atoms with Crippen molar-refractivity contribution in [3.05, 3.63) is 23.8 Å². The normalized spacial score (nSPS) is 45.1. The predicted molar refractivity (Wildman–Crippen MR) is 133 cm³/mol. The van der Waals surface area contributed by atoms with E-state index in [-0.39, 0.29) is 43.5 Å². The topological polar surface area (TPSA) is 125 Å². The molecule has 0 aromatic rings. The first-order valence-corrected chi connectivity index (χ1v) is 12.8. The number of aliphatic hydroxyl groups is 1. The Morgan fingerprint density at radius 2 is 1.95 bits per heavy atom. The minimum atomic E-state index is -2.02. The summed E-state index contributed by atoms with van der Waals surface area (Å²) in [5, 5.41) is 11.6. The van der Waals surface area contributed by atoms with E-state index in [9.17, 15) is 19.5 Å². The first-order valence-electron chi connectivity index (χ1n) is 12.8. The Labute approximate surface area is 222 Å². The number of hydrogen-bond donors (Lipinski definition) is 2. The smallest absolute Gasteiger partial charge is 0.307 e. The first kappa shape index (κ1) is 28.4. The van der Waals surface area contributed by atoms with Crippen LogP contribution in [0.3, 0.4) is 0 Å². The summed E-state index contributed by atoms with van der Waals surface area (Å²) in [6, 6.07) is 0. The molecule has 5 rings (SSSR count). The fourth-order valence-corrected chi connectivity index (χ4v) is 8.25. The van der Waals surface area contributed by atoms with Crippen LogP contribution in [-0.4, -0.2) is 65.1 Å². The summed E-state index contributed by atoms with van der Waals surface area (Å²) in [7, 11) is 0. The zero-order valence-electron chi connectivity index (χ0n) is 21.8. The molecule has 0 aromatic heterocycles. The van der Waals surface area contributed by atoms with Crippen molar-refractivity contribution in [3.63, 3.8) is 0 Å². The fourth-order valence-electron chi connectivity index (χ4n) is 8.25. The lowest BCUT2D eigenvalue weighted by Crippen LogP contribution is -2.70. The molecule has 4 aliphatic carbocycles. The molecule has 5 aliphatic rings. The van der Waals surface area contributed by atoms with Crippen LogP contribution in [0.4, 0.5) is 4.39 Å². The summed E-state index contributed by atoms with van der Waals surface area (Å²) >= 11 is 0. The molecule has 0 aromatic carbocycles. The molecule has 0 amide bonds. The van der Waals surface area contributed by atoms with E-state index in [0.29, 0.717) is 24.8 Å². The minimum Gasteiger partial charge on any atom is -0.458 e. The van der Waals surface area contributed by atoms with Crippen LogP contribution in [0.25, 0.3) is 0 Å². The highest BCUT2D eigenvalue weighted by atomic mass is 35.5. The third-order valence-electron chi connectivity index (χ3n) is 9.76. The van der Waals surface area contributed by atoms with Gasteiger partial charge in [0.25, 0.3) is 0 Å². The Bertz CT molecular complexity index is 1080. The average Bonchev–Trinajstić information content (AvgIpc) is 3.20. The standard InChI is InChI=1S/C27H36FNO7.ClH/c1-23(2)35-21-12-18-17-6-5-15-11-16(30)7-9-24(15,3)26(17,28)19(31)13-25(18,4)27(21,36-23)20(32)14-34-22(33)8-10-29;/h7,9,11,17-19,21,31H,5-6,8,10,12-14,29H2,1-4H3;1H/t17-,18-,19-,21+,24-,25-,26-,27+;/m0./s1. The Morgan fingerprint density at radius 1 is 1.24 bits per heavy atom. The van der Waals surface area contributed by atoms with Crippen molar-refractivity contribution < 1.29 is 38.1 Å². The number of ketones is 2. The molecule has 0 radical (unpaired) electrons. The number of hydrogen-bond acceptors (Lipinski definition) is 8. The van der Waals surface area contributed by atoms with Gasteiger partial charge in [-0.05, 0) is 64.5 Å². The molecular weight excluding hydrogens is 505 g/mol. The molecular formula is C27H37ClFNO7. The summed E-state index contributed by atoms with van der Waals surface area (Å²) in [4.78, 5) is 37.8. The van der Waals surface area contributed by atoms with Crippen molar-refractivity contribution in [2.75, 3.05) is 13.2 Å². The van der Waals surface area contributed by atoms with Gasteiger partial charge in [-0.2, -0.15) is 0 Å². The van der Waals surface area contributed by atoms with Gasteiger partial charge in [-0.1, -0.05) is 18.6 Å². The SMILES string of the molecule is CC1(C)O[C@@H]2C[C@H]3[C@@H]4CCC5=CC(=O)C=C[C@]5(C)[C@@]4(F)[C@@H](O)C[C@]3(C)[C@]2(C(=O)COC(=O)CCN)O1.Cl. The number of fused-ring (bicyclic) bond motifs is 7. The molecule has 37 heavy (non-hydrogen) atoms. The highest BCUT2D eigenvalue weighted by Gasteiger charge is 2.80. The molecule has 10 heteroatoms. The van der Waals surface area contributed by atoms with Gasteiger partial charge in [0.1, 0.15) is 0 Å². The average molecular weight is 542 g/mol. The predicted octanol–water partition coefficient (Wildman–Crippen LogP) is 2.74. The van der Waals surface area contributed by atoms with Gasteiger partial charge in [0, 0.05) is 23.3 Å². The summed E-state index contributed by atoms with van der Waals surface area (Å²) < 4.78 is 35.2. The molecule has 4 fully saturated rings. The summed E-state index contributed by atoms with van der Waals surface area (Å²) in [5.74, 6) is -3.20. The van der Waals surface area contributed by atoms with E-state index >= 15 is 4.39 Å². The second-order valence-electron chi connectivity index (χ2n) is 12.0. The van der Waals surface area contributed by atoms with Gasteiger partial charge in [0.15, 0.2) is 29.4 Å². The number of ether oxygens (including phenoxy) is 3. The van der Waals surface area contributed by atoms with E-state index in [1.54, 1.807) is 26.8 Å². The number of carbonyl (C=O) groups is 3. The molecule has 0 bridgehead atoms. The van der Waals surface area contributed by atoms with Crippen LogP contribution >= 0.6 is 12.4 Å². The van der Waals surface area contributed by atoms with E-state index < -0.39 is 64.4 Å². The molecule has 1 aliphatic heterocycles. The number of nitrogens with two attached hydrogens (primary N) is 1. The van der Waals surface area contributed by atoms with Crippen LogP contribution in [0.15, 0.2) is 23.8 Å². The van der Waals surface area contributed by atoms with Gasteiger partial charge >= 0.3 is 5.97 Å². The molecule has 206 valence electrons. The van der Waals surface area contributed by atoms with Crippen molar-refractivity contribution in [2.45, 2.75) is 89.1 Å². The van der Waals surface area contributed by atoms with Gasteiger partial charge < -0.3 is 25.1 Å². The molecule has 0 spiro atoms. The van der Waals surface area contributed by atoms with Crippen molar-refractivity contribution in [1.82, 2.24) is 0 Å². The maximum absolute atomic E-state index is 17.4. The van der Waals surface area contributed by atoms with E-state index in [1.807, 2.05) is 6.92 Å². The van der Waals surface area contributed by atoms with Crippen LogP contribution in [0.5, 0.6) is 0 Å². The van der Waals surface area contributed by atoms with E-state index in [4.69, 9.17) is 19.9 Å². The Balaban J connectivity index is 0.00000320. The number of allylic oxidation sites excluding steroid dienone is 4. The second-order valence-corrected chi connectivity index (χ2v) is 12.0. The van der Waals surface area contributed by atoms with Gasteiger partial charge in [0.05, 0.1) is 18.6 Å². The van der Waals surface area contributed by atoms with Gasteiger partial charge in [-0.15, -0.1) is 12.4 Å². The van der Waals surface area contributed by atoms with Crippen molar-refractivity contribution in [3.8, 4) is 0 Å². The zero-order chi connectivity index (χ0) is 26.3. The molecule has 0 unspecified atom stereocenters. The molecule has 3 saturated carbocycles. The number of carbonyl (C=O) groups excluding carboxylic acids is 3. The Morgan fingerprint density at radius 3 is 2.62 bits per heavy atom. The number of aliphatic hydroxyl groups excluding tert-OH is 1. The van der Waals surface area contributed by atoms with Crippen molar-refractivity contribution in [2.24, 2.45) is 28.4 Å². The Kier molecular flexibility index (Phi) is 6.86. The number of Topliss-reactive ketones (excluding diaryl/α,β-unsaturated/α-hetero) is 1. The monoisotopic (exact) mass is 541 g/mol. The number of rotatable bonds is 5. The van der Waals surface area contributed by atoms with Gasteiger partial charge in [-0.25, -0.2) is 4.39 Å². The second kappa shape index (κ2) is 8.95. The number of alkyl halides is 1. The quantitative estimate of drug-likeness (QED) is 0.509. The first-order chi connectivity index (χ1) is 16.7. The maximum Gasteiger partial charge on any atom is 0.307 e. The molecule has 1 saturated heterocycles. The minimum absolute atomic E-state index is 0. The van der Waals surface area contributed by atoms with Gasteiger partial charge in [0.2, 0.25) is 5.78 Å². The zero-order valence-corrected chi connectivity index (χ0v) is 22.6. The Hall–Kier alpha value is -1.65. The third-order valence-corrected chi connectivity index (χ3v) is 9.76. The number of halogens is 2. The molecule has 8 atom stereocenters. The summed E-state index contributed by atoms with van der Waals surface area (Å²) in [5.41, 5.74) is 0.503. The van der Waals surface area contributed by atoms with Gasteiger partial charge in [-0.3, -0.25) is 14.4 Å². The molecule has 1 heterocycles. The molecule has 8 nitrogen and oxygen atoms in total. The highest BCUT2D eigenvalue weighted by Crippen LogP contribution is 2.72. The fraction of sp³-hybridized carbons (Fsp3) is 0.741. The lowest BCUT2D eigenvalue weighted by Gasteiger charge is -2.62. The van der Waals surface area contributed by atoms with Crippen LogP contribution < -0.4 is 5.73 Å². The van der Waals surface area contributed by atoms with Crippen LogP contribution in [0.2, 0.25) is 0 Å². The van der Waals surface area contributed by atoms with E-state index in [2.05, 4.69) is 0 Å². The van der Waals surface area contributed by atoms with Crippen LogP contribution in [0.1, 0.15) is 59.8 Å². The summed E-state index contributed by atoms with van der Waals surface area (Å²) in [6.07, 6.45) is 3.69. The lowest BCUT2D eigenvalue weighted by molar-refractivity contribution is -0.246. The summed E-state index contributed by atoms with van der Waals surface area (Å²) in [6.45, 7) is 6.67. The third kappa shape index (κ3) is 3.64.